The van der Waals surface area contributed by atoms with Gasteiger partial charge in [0.1, 0.15) is 5.65 Å². The maximum atomic E-state index is 13.8. The third-order valence-electron chi connectivity index (χ3n) is 9.05. The highest BCUT2D eigenvalue weighted by Gasteiger charge is 2.34. The number of nitrogens with zero attached hydrogens (tertiary/aromatic N) is 4. The molecule has 0 bridgehead atoms. The molecular weight excluding hydrogens is 552 g/mol. The molecule has 8 heteroatoms. The summed E-state index contributed by atoms with van der Waals surface area (Å²) in [4.78, 5) is 36.9. The number of aryl methyl sites for hydroxylation is 2. The third kappa shape index (κ3) is 5.91. The van der Waals surface area contributed by atoms with Crippen LogP contribution in [0.3, 0.4) is 0 Å². The Labute approximate surface area is 258 Å². The molecule has 0 saturated carbocycles. The Morgan fingerprint density at radius 3 is 2.57 bits per heavy atom. The summed E-state index contributed by atoms with van der Waals surface area (Å²) in [5.74, 6) is -0.0557. The number of hydrogen-bond acceptors (Lipinski definition) is 6. The van der Waals surface area contributed by atoms with Gasteiger partial charge in [0.2, 0.25) is 5.91 Å². The zero-order chi connectivity index (χ0) is 30.6. The number of ether oxygens (including phenoxy) is 2. The highest BCUT2D eigenvalue weighted by Crippen LogP contribution is 2.36. The lowest BCUT2D eigenvalue weighted by atomic mass is 9.80. The van der Waals surface area contributed by atoms with Crippen LogP contribution in [0.5, 0.6) is 0 Å². The van der Waals surface area contributed by atoms with E-state index in [1.54, 1.807) is 23.5 Å². The Balaban J connectivity index is 1.32. The number of rotatable bonds is 9. The molecule has 0 N–H and O–H groups in total. The van der Waals surface area contributed by atoms with Crippen molar-refractivity contribution in [2.75, 3.05) is 26.4 Å². The van der Waals surface area contributed by atoms with Crippen LogP contribution in [-0.4, -0.2) is 58.9 Å². The Bertz CT molecular complexity index is 1730. The molecule has 2 aromatic carbocycles. The topological polar surface area (TPSA) is 86.0 Å². The molecule has 0 radical (unpaired) electrons. The normalized spacial score (nSPS) is 16.1. The summed E-state index contributed by atoms with van der Waals surface area (Å²) >= 11 is 0. The Morgan fingerprint density at radius 1 is 1.07 bits per heavy atom. The maximum absolute atomic E-state index is 13.8. The van der Waals surface area contributed by atoms with Crippen LogP contribution < -0.4 is 0 Å². The number of esters is 1. The fourth-order valence-electron chi connectivity index (χ4n) is 6.81. The number of fused-ring (bicyclic) bond motifs is 3. The van der Waals surface area contributed by atoms with Gasteiger partial charge < -0.3 is 18.9 Å². The van der Waals surface area contributed by atoms with Crippen molar-refractivity contribution in [3.05, 3.63) is 88.9 Å². The van der Waals surface area contributed by atoms with Crippen LogP contribution in [-0.2, 0) is 32.0 Å². The zero-order valence-electron chi connectivity index (χ0n) is 25.8. The van der Waals surface area contributed by atoms with Crippen molar-refractivity contribution in [2.24, 2.45) is 10.9 Å². The first-order valence-electron chi connectivity index (χ1n) is 15.6. The second-order valence-electron chi connectivity index (χ2n) is 11.7. The van der Waals surface area contributed by atoms with Crippen LogP contribution in [0.15, 0.2) is 65.9 Å². The van der Waals surface area contributed by atoms with Gasteiger partial charge in [-0.25, -0.2) is 4.98 Å². The second-order valence-corrected chi connectivity index (χ2v) is 11.7. The minimum Gasteiger partial charge on any atom is -0.466 e. The van der Waals surface area contributed by atoms with Gasteiger partial charge in [0.05, 0.1) is 24.6 Å². The largest absolute Gasteiger partial charge is 0.466 e. The molecule has 44 heavy (non-hydrogen) atoms. The van der Waals surface area contributed by atoms with Gasteiger partial charge in [-0.3, -0.25) is 14.6 Å². The summed E-state index contributed by atoms with van der Waals surface area (Å²) < 4.78 is 13.1. The van der Waals surface area contributed by atoms with E-state index in [1.807, 2.05) is 13.8 Å². The highest BCUT2D eigenvalue weighted by atomic mass is 16.5. The van der Waals surface area contributed by atoms with E-state index < -0.39 is 0 Å². The second kappa shape index (κ2) is 13.1. The fraction of sp³-hybridized carbons (Fsp3) is 0.389. The lowest BCUT2D eigenvalue weighted by Crippen LogP contribution is -2.38. The van der Waals surface area contributed by atoms with Crippen molar-refractivity contribution >= 4 is 40.0 Å². The maximum Gasteiger partial charge on any atom is 0.306 e. The van der Waals surface area contributed by atoms with E-state index in [4.69, 9.17) is 14.5 Å². The SMILES string of the molecule is CCOC(=O)CCc1c(C)nc2c(c1C)c1ccccc1n2Cc1ccc([C@@H](C(=O)N2C=CN=CC2)C2CCOCC2)cc1. The van der Waals surface area contributed by atoms with Gasteiger partial charge in [-0.1, -0.05) is 42.5 Å². The summed E-state index contributed by atoms with van der Waals surface area (Å²) in [5.41, 5.74) is 7.46. The van der Waals surface area contributed by atoms with Gasteiger partial charge in [-0.2, -0.15) is 0 Å². The van der Waals surface area contributed by atoms with Crippen LogP contribution in [0.2, 0.25) is 0 Å². The van der Waals surface area contributed by atoms with E-state index in [-0.39, 0.29) is 23.7 Å². The van der Waals surface area contributed by atoms with Gasteiger partial charge in [0.15, 0.2) is 0 Å². The van der Waals surface area contributed by atoms with Gasteiger partial charge in [0, 0.05) is 61.3 Å². The lowest BCUT2D eigenvalue weighted by molar-refractivity contribution is -0.143. The molecule has 1 atom stereocenters. The molecule has 4 aromatic rings. The number of hydrogen-bond donors (Lipinski definition) is 0. The third-order valence-corrected chi connectivity index (χ3v) is 9.05. The van der Waals surface area contributed by atoms with Crippen molar-refractivity contribution in [2.45, 2.75) is 58.9 Å². The molecular formula is C36H40N4O4. The first-order chi connectivity index (χ1) is 21.5. The molecule has 4 heterocycles. The molecule has 0 aliphatic carbocycles. The monoisotopic (exact) mass is 592 g/mol. The van der Waals surface area contributed by atoms with E-state index in [1.165, 1.54) is 0 Å². The summed E-state index contributed by atoms with van der Waals surface area (Å²) in [5, 5.41) is 2.29. The summed E-state index contributed by atoms with van der Waals surface area (Å²) in [6.07, 6.45) is 7.92. The number of para-hydroxylation sites is 1. The molecule has 1 amide bonds. The lowest BCUT2D eigenvalue weighted by Gasteiger charge is -2.33. The molecule has 2 aliphatic heterocycles. The zero-order valence-corrected chi connectivity index (χ0v) is 25.8. The van der Waals surface area contributed by atoms with E-state index in [0.29, 0.717) is 45.8 Å². The summed E-state index contributed by atoms with van der Waals surface area (Å²) in [7, 11) is 0. The molecule has 2 aromatic heterocycles. The number of aromatic nitrogens is 2. The van der Waals surface area contributed by atoms with Crippen LogP contribution in [0, 0.1) is 19.8 Å². The predicted octanol–water partition coefficient (Wildman–Crippen LogP) is 6.24. The smallest absolute Gasteiger partial charge is 0.306 e. The Morgan fingerprint density at radius 2 is 1.84 bits per heavy atom. The highest BCUT2D eigenvalue weighted by molar-refractivity contribution is 6.08. The van der Waals surface area contributed by atoms with Crippen molar-refractivity contribution < 1.29 is 19.1 Å². The van der Waals surface area contributed by atoms with Crippen molar-refractivity contribution in [3.63, 3.8) is 0 Å². The first kappa shape index (κ1) is 29.8. The molecule has 1 saturated heterocycles. The van der Waals surface area contributed by atoms with E-state index in [0.717, 1.165) is 62.7 Å². The van der Waals surface area contributed by atoms with Crippen molar-refractivity contribution in [1.29, 1.82) is 0 Å². The average molecular weight is 593 g/mol. The van der Waals surface area contributed by atoms with E-state index in [9.17, 15) is 9.59 Å². The average Bonchev–Trinajstić information content (AvgIpc) is 3.35. The van der Waals surface area contributed by atoms with Gasteiger partial charge in [0.25, 0.3) is 0 Å². The fourth-order valence-corrected chi connectivity index (χ4v) is 6.81. The number of amides is 1. The predicted molar refractivity (Wildman–Crippen MR) is 173 cm³/mol. The molecule has 0 spiro atoms. The number of pyridine rings is 1. The number of benzene rings is 2. The molecule has 0 unspecified atom stereocenters. The first-order valence-corrected chi connectivity index (χ1v) is 15.6. The number of carbonyl (C=O) groups excluding carboxylic acids is 2. The quantitative estimate of drug-likeness (QED) is 0.215. The van der Waals surface area contributed by atoms with Crippen molar-refractivity contribution in [3.8, 4) is 0 Å². The van der Waals surface area contributed by atoms with Gasteiger partial charge in [-0.15, -0.1) is 0 Å². The minimum absolute atomic E-state index is 0.114. The van der Waals surface area contributed by atoms with Crippen molar-refractivity contribution in [1.82, 2.24) is 14.5 Å². The number of carbonyl (C=O) groups is 2. The van der Waals surface area contributed by atoms with Gasteiger partial charge >= 0.3 is 5.97 Å². The van der Waals surface area contributed by atoms with E-state index in [2.05, 4.69) is 65.0 Å². The van der Waals surface area contributed by atoms with E-state index >= 15 is 0 Å². The van der Waals surface area contributed by atoms with Crippen LogP contribution in [0.25, 0.3) is 21.9 Å². The molecule has 228 valence electrons. The standard InChI is InChI=1S/C36H40N4O4/c1-4-44-32(41)14-13-29-24(2)33-30-7-5-6-8-31(30)40(35(33)38-25(29)3)23-26-9-11-27(12-10-26)34(28-15-21-43-22-16-28)36(42)39-19-17-37-18-20-39/h5-12,17-19,28,34H,4,13-16,20-23H2,1-3H3/t34-/m1/s1. The van der Waals surface area contributed by atoms with Crippen LogP contribution in [0.4, 0.5) is 0 Å². The molecule has 2 aliphatic rings. The van der Waals surface area contributed by atoms with Crippen LogP contribution >= 0.6 is 0 Å². The van der Waals surface area contributed by atoms with Crippen LogP contribution in [0.1, 0.15) is 60.1 Å². The number of aliphatic imine (C=N–C) groups is 1. The Hall–Kier alpha value is -4.30. The van der Waals surface area contributed by atoms with Gasteiger partial charge in [-0.05, 0) is 74.3 Å². The summed E-state index contributed by atoms with van der Waals surface area (Å²) in [6, 6.07) is 17.0. The molecule has 6 rings (SSSR count). The Kier molecular flexibility index (Phi) is 8.89. The molecule has 8 nitrogen and oxygen atoms in total. The summed E-state index contributed by atoms with van der Waals surface area (Å²) in [6.45, 7) is 8.91. The minimum atomic E-state index is -0.225. The molecule has 1 fully saturated rings.